The molecule has 15 heavy (non-hydrogen) atoms. The number of likely N-dealkylation sites (tertiary alicyclic amines) is 1. The molecule has 1 aliphatic rings. The van der Waals surface area contributed by atoms with E-state index in [1.165, 1.54) is 0 Å². The van der Waals surface area contributed by atoms with Crippen LogP contribution in [0.2, 0.25) is 0 Å². The average molecular weight is 214 g/mol. The van der Waals surface area contributed by atoms with E-state index in [0.717, 1.165) is 32.5 Å². The number of aliphatic hydroxyl groups excluding tert-OH is 1. The van der Waals surface area contributed by atoms with Gasteiger partial charge in [0, 0.05) is 25.7 Å². The van der Waals surface area contributed by atoms with Crippen molar-refractivity contribution in [3.63, 3.8) is 0 Å². The third kappa shape index (κ3) is 3.74. The molecule has 3 atom stereocenters. The molecule has 1 aliphatic heterocycles. The molecule has 0 bridgehead atoms. The molecule has 0 amide bonds. The summed E-state index contributed by atoms with van der Waals surface area (Å²) in [6.45, 7) is 7.51. The van der Waals surface area contributed by atoms with E-state index in [4.69, 9.17) is 0 Å². The van der Waals surface area contributed by atoms with Crippen molar-refractivity contribution in [3.8, 4) is 0 Å². The Balaban J connectivity index is 2.34. The third-order valence-corrected chi connectivity index (χ3v) is 3.40. The van der Waals surface area contributed by atoms with Crippen LogP contribution in [-0.4, -0.2) is 60.8 Å². The van der Waals surface area contributed by atoms with Gasteiger partial charge >= 0.3 is 0 Å². The van der Waals surface area contributed by atoms with Crippen LogP contribution < -0.4 is 0 Å². The molecule has 0 aliphatic carbocycles. The number of aliphatic hydroxyl groups is 1. The summed E-state index contributed by atoms with van der Waals surface area (Å²) in [6, 6.07) is 0.652. The minimum absolute atomic E-state index is 0.136. The maximum absolute atomic E-state index is 9.77. The van der Waals surface area contributed by atoms with Crippen molar-refractivity contribution in [1.82, 2.24) is 9.80 Å². The molecule has 1 fully saturated rings. The van der Waals surface area contributed by atoms with Crippen molar-refractivity contribution in [2.24, 2.45) is 5.92 Å². The second kappa shape index (κ2) is 5.83. The monoisotopic (exact) mass is 214 g/mol. The van der Waals surface area contributed by atoms with E-state index in [-0.39, 0.29) is 6.10 Å². The first-order chi connectivity index (χ1) is 7.04. The summed E-state index contributed by atoms with van der Waals surface area (Å²) in [6.07, 6.45) is 1.86. The summed E-state index contributed by atoms with van der Waals surface area (Å²) in [5, 5.41) is 9.77. The highest BCUT2D eigenvalue weighted by molar-refractivity contribution is 4.87. The van der Waals surface area contributed by atoms with Crippen molar-refractivity contribution in [2.75, 3.05) is 33.7 Å². The molecule has 1 saturated heterocycles. The minimum Gasteiger partial charge on any atom is -0.392 e. The first-order valence-electron chi connectivity index (χ1n) is 6.11. The van der Waals surface area contributed by atoms with E-state index in [9.17, 15) is 5.11 Å². The van der Waals surface area contributed by atoms with Gasteiger partial charge in [-0.2, -0.15) is 0 Å². The van der Waals surface area contributed by atoms with Gasteiger partial charge in [0.1, 0.15) is 0 Å². The Kier molecular flexibility index (Phi) is 5.03. The van der Waals surface area contributed by atoms with E-state index in [2.05, 4.69) is 37.7 Å². The maximum Gasteiger partial charge on any atom is 0.0667 e. The zero-order chi connectivity index (χ0) is 11.4. The number of likely N-dealkylation sites (N-methyl/N-ethyl adjacent to an activating group) is 1. The molecule has 3 unspecified atom stereocenters. The minimum atomic E-state index is -0.136. The van der Waals surface area contributed by atoms with Crippen LogP contribution in [-0.2, 0) is 0 Å². The van der Waals surface area contributed by atoms with E-state index in [1.54, 1.807) is 0 Å². The van der Waals surface area contributed by atoms with Crippen molar-refractivity contribution < 1.29 is 5.11 Å². The summed E-state index contributed by atoms with van der Waals surface area (Å²) in [5.41, 5.74) is 0. The van der Waals surface area contributed by atoms with Crippen LogP contribution in [0.1, 0.15) is 26.7 Å². The van der Waals surface area contributed by atoms with Crippen LogP contribution in [0, 0.1) is 5.92 Å². The Labute approximate surface area is 94.1 Å². The Hall–Kier alpha value is -0.120. The smallest absolute Gasteiger partial charge is 0.0667 e. The van der Waals surface area contributed by atoms with Gasteiger partial charge in [-0.3, -0.25) is 4.90 Å². The summed E-state index contributed by atoms with van der Waals surface area (Å²) < 4.78 is 0. The molecule has 1 rings (SSSR count). The van der Waals surface area contributed by atoms with Gasteiger partial charge in [0.05, 0.1) is 6.10 Å². The molecular formula is C12H26N2O. The highest BCUT2D eigenvalue weighted by atomic mass is 16.3. The van der Waals surface area contributed by atoms with Crippen molar-refractivity contribution in [3.05, 3.63) is 0 Å². The third-order valence-electron chi connectivity index (χ3n) is 3.40. The largest absolute Gasteiger partial charge is 0.392 e. The van der Waals surface area contributed by atoms with Crippen LogP contribution in [0.25, 0.3) is 0 Å². The van der Waals surface area contributed by atoms with Crippen molar-refractivity contribution in [2.45, 2.75) is 38.8 Å². The van der Waals surface area contributed by atoms with E-state index in [0.29, 0.717) is 12.0 Å². The molecule has 1 N–H and O–H groups in total. The van der Waals surface area contributed by atoms with Gasteiger partial charge in [0.2, 0.25) is 0 Å². The first kappa shape index (κ1) is 12.9. The zero-order valence-corrected chi connectivity index (χ0v) is 10.6. The van der Waals surface area contributed by atoms with Crippen LogP contribution in [0.5, 0.6) is 0 Å². The van der Waals surface area contributed by atoms with Gasteiger partial charge in [-0.1, -0.05) is 20.3 Å². The molecule has 1 heterocycles. The van der Waals surface area contributed by atoms with E-state index >= 15 is 0 Å². The second-order valence-electron chi connectivity index (χ2n) is 5.17. The summed E-state index contributed by atoms with van der Waals surface area (Å²) in [4.78, 5) is 4.70. The Morgan fingerprint density at radius 1 is 1.40 bits per heavy atom. The highest BCUT2D eigenvalue weighted by Crippen LogP contribution is 2.20. The molecule has 90 valence electrons. The predicted molar refractivity (Wildman–Crippen MR) is 64.0 cm³/mol. The summed E-state index contributed by atoms with van der Waals surface area (Å²) >= 11 is 0. The van der Waals surface area contributed by atoms with Crippen LogP contribution in [0.4, 0.5) is 0 Å². The quantitative estimate of drug-likeness (QED) is 0.740. The first-order valence-corrected chi connectivity index (χ1v) is 6.11. The molecule has 3 heteroatoms. The lowest BCUT2D eigenvalue weighted by molar-refractivity contribution is 0.112. The van der Waals surface area contributed by atoms with Crippen LogP contribution in [0.15, 0.2) is 0 Å². The molecule has 0 aromatic rings. The second-order valence-corrected chi connectivity index (χ2v) is 5.17. The molecule has 0 spiro atoms. The van der Waals surface area contributed by atoms with Crippen LogP contribution in [0.3, 0.4) is 0 Å². The van der Waals surface area contributed by atoms with Crippen LogP contribution >= 0.6 is 0 Å². The zero-order valence-electron chi connectivity index (χ0n) is 10.6. The standard InChI is InChI=1S/C12H26N2O/c1-5-6-11(15)8-14-7-10(2)12(9-14)13(3)4/h10-12,15H,5-9H2,1-4H3. The molecule has 0 aromatic heterocycles. The summed E-state index contributed by atoms with van der Waals surface area (Å²) in [7, 11) is 4.29. The summed E-state index contributed by atoms with van der Waals surface area (Å²) in [5.74, 6) is 0.717. The van der Waals surface area contributed by atoms with Gasteiger partial charge in [0.15, 0.2) is 0 Å². The Morgan fingerprint density at radius 2 is 2.07 bits per heavy atom. The highest BCUT2D eigenvalue weighted by Gasteiger charge is 2.31. The van der Waals surface area contributed by atoms with E-state index < -0.39 is 0 Å². The molecule has 0 radical (unpaired) electrons. The fourth-order valence-corrected chi connectivity index (χ4v) is 2.59. The molecular weight excluding hydrogens is 188 g/mol. The normalized spacial score (nSPS) is 30.0. The van der Waals surface area contributed by atoms with Crippen molar-refractivity contribution in [1.29, 1.82) is 0 Å². The fraction of sp³-hybridized carbons (Fsp3) is 1.00. The number of hydrogen-bond donors (Lipinski definition) is 1. The lowest BCUT2D eigenvalue weighted by atomic mass is 10.1. The maximum atomic E-state index is 9.77. The molecule has 0 aromatic carbocycles. The number of hydrogen-bond acceptors (Lipinski definition) is 3. The number of β-amino-alcohol motifs (C(OH)–C–C–N with tert-alkyl or cyclic N) is 1. The Morgan fingerprint density at radius 3 is 2.53 bits per heavy atom. The average Bonchev–Trinajstić information content (AvgIpc) is 2.47. The number of rotatable bonds is 5. The number of nitrogens with zero attached hydrogens (tertiary/aromatic N) is 2. The SMILES string of the molecule is CCCC(O)CN1CC(C)C(N(C)C)C1. The van der Waals surface area contributed by atoms with Gasteiger partial charge < -0.3 is 10.0 Å². The van der Waals surface area contributed by atoms with Gasteiger partial charge in [-0.25, -0.2) is 0 Å². The van der Waals surface area contributed by atoms with E-state index in [1.807, 2.05) is 0 Å². The fourth-order valence-electron chi connectivity index (χ4n) is 2.59. The molecule has 3 nitrogen and oxygen atoms in total. The lowest BCUT2D eigenvalue weighted by Gasteiger charge is -2.23. The van der Waals surface area contributed by atoms with Gasteiger partial charge in [-0.05, 0) is 26.4 Å². The van der Waals surface area contributed by atoms with Gasteiger partial charge in [0.25, 0.3) is 0 Å². The molecule has 0 saturated carbocycles. The topological polar surface area (TPSA) is 26.7 Å². The lowest BCUT2D eigenvalue weighted by Crippen LogP contribution is -2.36. The predicted octanol–water partition coefficient (Wildman–Crippen LogP) is 1.03. The Bertz CT molecular complexity index is 184. The van der Waals surface area contributed by atoms with Gasteiger partial charge in [-0.15, -0.1) is 0 Å². The van der Waals surface area contributed by atoms with Crippen molar-refractivity contribution >= 4 is 0 Å².